The van der Waals surface area contributed by atoms with Gasteiger partial charge >= 0.3 is 5.97 Å². The van der Waals surface area contributed by atoms with Gasteiger partial charge in [0.25, 0.3) is 0 Å². The van der Waals surface area contributed by atoms with E-state index in [9.17, 15) is 14.7 Å². The smallest absolute Gasteiger partial charge is 0.349 e. The van der Waals surface area contributed by atoms with Crippen molar-refractivity contribution >= 4 is 23.6 Å². The van der Waals surface area contributed by atoms with Gasteiger partial charge in [0, 0.05) is 11.3 Å². The summed E-state index contributed by atoms with van der Waals surface area (Å²) in [7, 11) is 0. The molecule has 0 spiro atoms. The standard InChI is InChI=1S/C24H27NO4S/c1-16(2)18-11-6-7-12-20(18)30-22-19(26)15-24(29-23(22)28,14-8-13-21(25)27)17-9-4-3-5-10-17/h3-7,9-12,16,26H,8,13-15H2,1-2H3,(H2,25,27). The molecule has 2 aromatic carbocycles. The summed E-state index contributed by atoms with van der Waals surface area (Å²) >= 11 is 1.24. The number of cyclic esters (lactones) is 1. The molecule has 1 aliphatic heterocycles. The molecule has 1 atom stereocenters. The zero-order chi connectivity index (χ0) is 21.7. The third kappa shape index (κ3) is 4.87. The van der Waals surface area contributed by atoms with Crippen molar-refractivity contribution in [3.05, 3.63) is 76.4 Å². The van der Waals surface area contributed by atoms with Gasteiger partial charge in [-0.3, -0.25) is 4.79 Å². The number of rotatable bonds is 8. The van der Waals surface area contributed by atoms with Gasteiger partial charge in [-0.15, -0.1) is 0 Å². The van der Waals surface area contributed by atoms with Crippen molar-refractivity contribution in [1.82, 2.24) is 0 Å². The Morgan fingerprint density at radius 1 is 1.17 bits per heavy atom. The number of carbonyl (C=O) groups excluding carboxylic acids is 2. The van der Waals surface area contributed by atoms with E-state index in [4.69, 9.17) is 10.5 Å². The zero-order valence-corrected chi connectivity index (χ0v) is 18.1. The molecule has 2 aromatic rings. The average molecular weight is 426 g/mol. The van der Waals surface area contributed by atoms with E-state index < -0.39 is 17.5 Å². The molecule has 1 heterocycles. The van der Waals surface area contributed by atoms with Crippen LogP contribution in [-0.2, 0) is 19.9 Å². The quantitative estimate of drug-likeness (QED) is 0.570. The molecule has 158 valence electrons. The number of thioether (sulfide) groups is 1. The molecular weight excluding hydrogens is 398 g/mol. The van der Waals surface area contributed by atoms with E-state index in [0.29, 0.717) is 12.8 Å². The fraction of sp³-hybridized carbons (Fsp3) is 0.333. The van der Waals surface area contributed by atoms with Crippen LogP contribution in [0.2, 0.25) is 0 Å². The summed E-state index contributed by atoms with van der Waals surface area (Å²) in [6.45, 7) is 4.18. The molecule has 1 aliphatic rings. The maximum absolute atomic E-state index is 13.0. The Morgan fingerprint density at radius 3 is 2.47 bits per heavy atom. The highest BCUT2D eigenvalue weighted by molar-refractivity contribution is 8.04. The maximum atomic E-state index is 13.0. The number of aliphatic hydroxyl groups excluding tert-OH is 1. The molecule has 3 N–H and O–H groups in total. The highest BCUT2D eigenvalue weighted by Crippen LogP contribution is 2.46. The van der Waals surface area contributed by atoms with Crippen LogP contribution in [0.4, 0.5) is 0 Å². The third-order valence-corrected chi connectivity index (χ3v) is 6.44. The van der Waals surface area contributed by atoms with Crippen LogP contribution in [0, 0.1) is 0 Å². The van der Waals surface area contributed by atoms with Crippen LogP contribution in [0.1, 0.15) is 56.6 Å². The van der Waals surface area contributed by atoms with Gasteiger partial charge < -0.3 is 15.6 Å². The van der Waals surface area contributed by atoms with Crippen molar-refractivity contribution in [3.8, 4) is 0 Å². The molecule has 5 nitrogen and oxygen atoms in total. The van der Waals surface area contributed by atoms with Crippen molar-refractivity contribution in [2.45, 2.75) is 55.9 Å². The first-order valence-electron chi connectivity index (χ1n) is 10.1. The number of benzene rings is 2. The first-order valence-corrected chi connectivity index (χ1v) is 10.9. The lowest BCUT2D eigenvalue weighted by Crippen LogP contribution is -2.37. The first-order chi connectivity index (χ1) is 14.3. The fourth-order valence-electron chi connectivity index (χ4n) is 3.72. The van der Waals surface area contributed by atoms with Crippen LogP contribution in [0.3, 0.4) is 0 Å². The largest absolute Gasteiger partial charge is 0.511 e. The van der Waals surface area contributed by atoms with Gasteiger partial charge in [0.1, 0.15) is 16.3 Å². The molecule has 3 rings (SSSR count). The number of aliphatic hydroxyl groups is 1. The van der Waals surface area contributed by atoms with Crippen molar-refractivity contribution in [1.29, 1.82) is 0 Å². The molecule has 1 amide bonds. The number of ether oxygens (including phenoxy) is 1. The second-order valence-electron chi connectivity index (χ2n) is 7.82. The minimum Gasteiger partial charge on any atom is -0.511 e. The van der Waals surface area contributed by atoms with E-state index in [2.05, 4.69) is 13.8 Å². The lowest BCUT2D eigenvalue weighted by molar-refractivity contribution is -0.160. The molecule has 0 aliphatic carbocycles. The van der Waals surface area contributed by atoms with E-state index in [1.807, 2.05) is 54.6 Å². The summed E-state index contributed by atoms with van der Waals surface area (Å²) in [6, 6.07) is 17.2. The second kappa shape index (κ2) is 9.39. The topological polar surface area (TPSA) is 89.6 Å². The minimum absolute atomic E-state index is 0.0118. The highest BCUT2D eigenvalue weighted by atomic mass is 32.2. The van der Waals surface area contributed by atoms with E-state index in [-0.39, 0.29) is 29.4 Å². The number of hydrogen-bond acceptors (Lipinski definition) is 5. The predicted molar refractivity (Wildman–Crippen MR) is 118 cm³/mol. The molecule has 6 heteroatoms. The van der Waals surface area contributed by atoms with Gasteiger partial charge in [-0.1, -0.05) is 74.1 Å². The molecule has 0 saturated heterocycles. The summed E-state index contributed by atoms with van der Waals surface area (Å²) in [5.41, 5.74) is 6.17. The van der Waals surface area contributed by atoms with E-state index in [1.165, 1.54) is 11.8 Å². The van der Waals surface area contributed by atoms with Crippen molar-refractivity contribution in [2.24, 2.45) is 5.73 Å². The summed E-state index contributed by atoms with van der Waals surface area (Å²) in [5, 5.41) is 10.9. The van der Waals surface area contributed by atoms with Crippen molar-refractivity contribution in [3.63, 3.8) is 0 Å². The number of esters is 1. The molecule has 30 heavy (non-hydrogen) atoms. The summed E-state index contributed by atoms with van der Waals surface area (Å²) in [5.74, 6) is -0.655. The van der Waals surface area contributed by atoms with Crippen LogP contribution in [-0.4, -0.2) is 17.0 Å². The maximum Gasteiger partial charge on any atom is 0.349 e. The Labute approximate surface area is 181 Å². The number of primary amides is 1. The molecule has 0 radical (unpaired) electrons. The van der Waals surface area contributed by atoms with Crippen LogP contribution >= 0.6 is 11.8 Å². The van der Waals surface area contributed by atoms with E-state index in [0.717, 1.165) is 16.0 Å². The molecule has 0 fully saturated rings. The van der Waals surface area contributed by atoms with Gasteiger partial charge in [-0.2, -0.15) is 0 Å². The van der Waals surface area contributed by atoms with Crippen LogP contribution in [0.15, 0.2) is 70.2 Å². The normalized spacial score (nSPS) is 19.1. The second-order valence-corrected chi connectivity index (χ2v) is 8.87. The van der Waals surface area contributed by atoms with Gasteiger partial charge in [-0.25, -0.2) is 4.79 Å². The monoisotopic (exact) mass is 425 g/mol. The molecule has 0 aromatic heterocycles. The summed E-state index contributed by atoms with van der Waals surface area (Å²) in [6.07, 6.45) is 1.22. The highest BCUT2D eigenvalue weighted by Gasteiger charge is 2.43. The summed E-state index contributed by atoms with van der Waals surface area (Å²) in [4.78, 5) is 25.4. The lowest BCUT2D eigenvalue weighted by atomic mass is 9.83. The Balaban J connectivity index is 1.93. The fourth-order valence-corrected chi connectivity index (χ4v) is 4.83. The van der Waals surface area contributed by atoms with Gasteiger partial charge in [0.2, 0.25) is 5.91 Å². The van der Waals surface area contributed by atoms with Gasteiger partial charge in [0.05, 0.1) is 6.42 Å². The van der Waals surface area contributed by atoms with Gasteiger partial charge in [-0.05, 0) is 36.0 Å². The Bertz CT molecular complexity index is 955. The summed E-state index contributed by atoms with van der Waals surface area (Å²) < 4.78 is 5.97. The lowest BCUT2D eigenvalue weighted by Gasteiger charge is -2.37. The SMILES string of the molecule is CC(C)c1ccccc1SC1=C(O)CC(CCCC(N)=O)(c2ccccc2)OC1=O. The van der Waals surface area contributed by atoms with Crippen LogP contribution in [0.5, 0.6) is 0 Å². The minimum atomic E-state index is -1.01. The predicted octanol–water partition coefficient (Wildman–Crippen LogP) is 5.17. The van der Waals surface area contributed by atoms with Crippen molar-refractivity contribution in [2.75, 3.05) is 0 Å². The zero-order valence-electron chi connectivity index (χ0n) is 17.3. The molecule has 0 bridgehead atoms. The van der Waals surface area contributed by atoms with Crippen molar-refractivity contribution < 1.29 is 19.4 Å². The van der Waals surface area contributed by atoms with E-state index >= 15 is 0 Å². The number of amides is 1. The number of carbonyl (C=O) groups is 2. The number of nitrogens with two attached hydrogens (primary N) is 1. The van der Waals surface area contributed by atoms with E-state index in [1.54, 1.807) is 0 Å². The third-order valence-electron chi connectivity index (χ3n) is 5.25. The Morgan fingerprint density at radius 2 is 1.83 bits per heavy atom. The van der Waals surface area contributed by atoms with Crippen LogP contribution in [0.25, 0.3) is 0 Å². The average Bonchev–Trinajstić information content (AvgIpc) is 2.71. The molecule has 0 saturated carbocycles. The first kappa shape index (κ1) is 22.0. The molecular formula is C24H27NO4S. The Kier molecular flexibility index (Phi) is 6.87. The van der Waals surface area contributed by atoms with Crippen LogP contribution < -0.4 is 5.73 Å². The molecule has 1 unspecified atom stereocenters. The Hall–Kier alpha value is -2.73. The van der Waals surface area contributed by atoms with Gasteiger partial charge in [0.15, 0.2) is 0 Å². The number of hydrogen-bond donors (Lipinski definition) is 2.